The van der Waals surface area contributed by atoms with Gasteiger partial charge in [0, 0.05) is 11.9 Å². The topological polar surface area (TPSA) is 47.2 Å². The van der Waals surface area contributed by atoms with Gasteiger partial charge >= 0.3 is 6.18 Å². The van der Waals surface area contributed by atoms with Crippen LogP contribution in [0.5, 0.6) is 0 Å². The lowest BCUT2D eigenvalue weighted by Crippen LogP contribution is -2.19. The Morgan fingerprint density at radius 3 is 2.30 bits per heavy atom. The number of hydrogen-bond donors (Lipinski definition) is 0. The summed E-state index contributed by atoms with van der Waals surface area (Å²) in [4.78, 5) is 4.07. The molecule has 1 aromatic carbocycles. The van der Waals surface area contributed by atoms with Crippen molar-refractivity contribution in [2.75, 3.05) is 0 Å². The number of halogens is 3. The van der Waals surface area contributed by atoms with E-state index in [-0.39, 0.29) is 0 Å². The third-order valence-corrected chi connectivity index (χ3v) is 4.24. The molecule has 0 spiro atoms. The molecule has 1 atom stereocenters. The average Bonchev–Trinajstić information content (AvgIpc) is 2.91. The first-order chi connectivity index (χ1) is 10.6. The van der Waals surface area contributed by atoms with E-state index < -0.39 is 27.5 Å². The Labute approximate surface area is 134 Å². The second-order valence-corrected chi connectivity index (χ2v) is 7.78. The van der Waals surface area contributed by atoms with E-state index in [2.05, 4.69) is 9.38 Å². The van der Waals surface area contributed by atoms with Gasteiger partial charge in [0.25, 0.3) is 0 Å². The quantitative estimate of drug-likeness (QED) is 0.797. The van der Waals surface area contributed by atoms with Gasteiger partial charge in [-0.1, -0.05) is 0 Å². The number of alkyl halides is 3. The number of imidazole rings is 1. The fraction of sp³-hybridized carbons (Fsp3) is 0.333. The number of hydrogen-bond acceptors (Lipinski definition) is 2. The van der Waals surface area contributed by atoms with Gasteiger partial charge in [-0.15, -0.1) is 0 Å². The highest BCUT2D eigenvalue weighted by Gasteiger charge is 2.30. The predicted octanol–water partition coefficient (Wildman–Crippen LogP) is 3.77. The maximum absolute atomic E-state index is 12.5. The van der Waals surface area contributed by atoms with E-state index in [1.54, 1.807) is 31.5 Å². The Morgan fingerprint density at radius 1 is 1.17 bits per heavy atom. The second kappa shape index (κ2) is 6.27. The molecule has 23 heavy (non-hydrogen) atoms. The molecule has 0 N–H and O–H groups in total. The van der Waals surface area contributed by atoms with E-state index in [4.69, 9.17) is 0 Å². The molecule has 8 heteroatoms. The maximum Gasteiger partial charge on any atom is 0.416 e. The van der Waals surface area contributed by atoms with Crippen molar-refractivity contribution in [2.45, 2.75) is 31.7 Å². The van der Waals surface area contributed by atoms with Crippen LogP contribution in [0.3, 0.4) is 0 Å². The van der Waals surface area contributed by atoms with Crippen LogP contribution in [0.1, 0.15) is 32.0 Å². The van der Waals surface area contributed by atoms with Crippen LogP contribution >= 0.6 is 0 Å². The first kappa shape index (κ1) is 17.4. The zero-order chi connectivity index (χ0) is 17.3. The molecule has 0 bridgehead atoms. The minimum Gasteiger partial charge on any atom is -0.306 e. The molecular weight excluding hydrogens is 327 g/mol. The summed E-state index contributed by atoms with van der Waals surface area (Å²) in [6, 6.07) is 4.74. The number of aromatic nitrogens is 2. The Hall–Kier alpha value is -1.96. The van der Waals surface area contributed by atoms with Gasteiger partial charge in [-0.05, 0) is 45.0 Å². The van der Waals surface area contributed by atoms with Crippen molar-refractivity contribution >= 4 is 17.2 Å². The van der Waals surface area contributed by atoms with Crippen molar-refractivity contribution in [2.24, 2.45) is 4.40 Å². The molecule has 124 valence electrons. The smallest absolute Gasteiger partial charge is 0.306 e. The summed E-state index contributed by atoms with van der Waals surface area (Å²) in [5, 5.41) is 0. The van der Waals surface area contributed by atoms with Crippen LogP contribution in [-0.4, -0.2) is 24.7 Å². The molecule has 2 aromatic rings. The zero-order valence-electron chi connectivity index (χ0n) is 12.8. The highest BCUT2D eigenvalue weighted by atomic mass is 32.2. The van der Waals surface area contributed by atoms with E-state index in [0.717, 1.165) is 12.1 Å². The summed E-state index contributed by atoms with van der Waals surface area (Å²) in [6.07, 6.45) is 0.0974. The van der Waals surface area contributed by atoms with Gasteiger partial charge in [0.1, 0.15) is 16.7 Å². The summed E-state index contributed by atoms with van der Waals surface area (Å²) < 4.78 is 54.5. The number of benzene rings is 1. The van der Waals surface area contributed by atoms with Crippen molar-refractivity contribution in [1.82, 2.24) is 9.55 Å². The third kappa shape index (κ3) is 4.51. The minimum atomic E-state index is -4.36. The number of rotatable bonds is 3. The molecule has 0 saturated carbocycles. The molecule has 1 heterocycles. The highest BCUT2D eigenvalue weighted by molar-refractivity contribution is 7.85. The first-order valence-corrected chi connectivity index (χ1v) is 7.86. The van der Waals surface area contributed by atoms with Crippen LogP contribution in [0.25, 0.3) is 5.69 Å². The predicted molar refractivity (Wildman–Crippen MR) is 84.1 cm³/mol. The lowest BCUT2D eigenvalue weighted by Gasteiger charge is -2.12. The van der Waals surface area contributed by atoms with Gasteiger partial charge in [-0.3, -0.25) is 0 Å². The Morgan fingerprint density at radius 2 is 1.78 bits per heavy atom. The molecule has 0 aliphatic rings. The average molecular weight is 343 g/mol. The highest BCUT2D eigenvalue weighted by Crippen LogP contribution is 2.29. The largest absolute Gasteiger partial charge is 0.416 e. The van der Waals surface area contributed by atoms with E-state index >= 15 is 0 Å². The molecule has 0 amide bonds. The van der Waals surface area contributed by atoms with Crippen molar-refractivity contribution in [1.29, 1.82) is 0 Å². The maximum atomic E-state index is 12.5. The lowest BCUT2D eigenvalue weighted by atomic mass is 10.2. The standard InChI is InChI=1S/C15H16F3N3OS/c1-14(2,3)23(22)20-8-12-9-21(10-19-12)13-6-4-11(5-7-13)15(16,17)18/h4-10H,1-3H3/b20-8+/t23-/m0/s1. The van der Waals surface area contributed by atoms with E-state index in [1.807, 2.05) is 0 Å². The second-order valence-electron chi connectivity index (χ2n) is 5.85. The van der Waals surface area contributed by atoms with Crippen LogP contribution in [0.15, 0.2) is 41.2 Å². The van der Waals surface area contributed by atoms with Gasteiger partial charge in [0.2, 0.25) is 0 Å². The van der Waals surface area contributed by atoms with Crippen LogP contribution in [0, 0.1) is 0 Å². The molecule has 1 aromatic heterocycles. The van der Waals surface area contributed by atoms with Crippen molar-refractivity contribution in [3.8, 4) is 5.69 Å². The van der Waals surface area contributed by atoms with Gasteiger partial charge in [0.05, 0.1) is 22.9 Å². The number of nitrogens with zero attached hydrogens (tertiary/aromatic N) is 3. The SMILES string of the molecule is CC(C)(C)[S@](=O)/N=C/c1cn(-c2ccc(C(F)(F)F)cc2)cn1. The van der Waals surface area contributed by atoms with E-state index in [0.29, 0.717) is 11.4 Å². The minimum absolute atomic E-state index is 0.466. The normalized spacial score (nSPS) is 14.3. The van der Waals surface area contributed by atoms with Crippen LogP contribution in [-0.2, 0) is 17.2 Å². The fourth-order valence-electron chi connectivity index (χ4n) is 1.63. The first-order valence-electron chi connectivity index (χ1n) is 6.75. The fourth-order valence-corrected chi connectivity index (χ4v) is 2.15. The molecule has 4 nitrogen and oxygen atoms in total. The molecular formula is C15H16F3N3OS. The summed E-state index contributed by atoms with van der Waals surface area (Å²) in [6.45, 7) is 5.42. The Balaban J connectivity index is 2.16. The molecule has 2 rings (SSSR count). The molecule has 0 aliphatic heterocycles. The summed E-state index contributed by atoms with van der Waals surface area (Å²) in [5.41, 5.74) is 0.313. The van der Waals surface area contributed by atoms with Crippen molar-refractivity contribution in [3.05, 3.63) is 48.0 Å². The molecule has 0 radical (unpaired) electrons. The van der Waals surface area contributed by atoms with Gasteiger partial charge in [-0.25, -0.2) is 9.19 Å². The summed E-state index contributed by atoms with van der Waals surface area (Å²) >= 11 is 0. The van der Waals surface area contributed by atoms with Crippen LogP contribution in [0.4, 0.5) is 13.2 Å². The summed E-state index contributed by atoms with van der Waals surface area (Å²) in [5.74, 6) is 0. The van der Waals surface area contributed by atoms with Crippen molar-refractivity contribution in [3.63, 3.8) is 0 Å². The monoisotopic (exact) mass is 343 g/mol. The van der Waals surface area contributed by atoms with Crippen LogP contribution < -0.4 is 0 Å². The molecule has 0 fully saturated rings. The molecule has 0 saturated heterocycles. The van der Waals surface area contributed by atoms with Gasteiger partial charge in [0.15, 0.2) is 0 Å². The molecule has 0 aliphatic carbocycles. The summed E-state index contributed by atoms with van der Waals surface area (Å²) in [7, 11) is -1.39. The van der Waals surface area contributed by atoms with E-state index in [9.17, 15) is 17.4 Å². The zero-order valence-corrected chi connectivity index (χ0v) is 13.6. The van der Waals surface area contributed by atoms with Gasteiger partial charge < -0.3 is 4.57 Å². The lowest BCUT2D eigenvalue weighted by molar-refractivity contribution is -0.137. The third-order valence-electron chi connectivity index (χ3n) is 2.90. The Bertz CT molecular complexity index is 728. The van der Waals surface area contributed by atoms with Gasteiger partial charge in [-0.2, -0.15) is 17.6 Å². The van der Waals surface area contributed by atoms with E-state index in [1.165, 1.54) is 24.7 Å². The van der Waals surface area contributed by atoms with Crippen molar-refractivity contribution < 1.29 is 17.4 Å². The molecule has 0 unspecified atom stereocenters. The Kier molecular flexibility index (Phi) is 4.74. The van der Waals surface area contributed by atoms with Crippen LogP contribution in [0.2, 0.25) is 0 Å².